The monoisotopic (exact) mass is 603 g/mol. The summed E-state index contributed by atoms with van der Waals surface area (Å²) in [4.78, 5) is 37.3. The number of fused-ring (bicyclic) bond motifs is 4. The number of hydrogen-bond acceptors (Lipinski definition) is 6. The molecular weight excluding hydrogens is 566 g/mol. The number of pyridine rings is 1. The lowest BCUT2D eigenvalue weighted by Gasteiger charge is -2.27. The summed E-state index contributed by atoms with van der Waals surface area (Å²) in [6.45, 7) is 1.57. The largest absolute Gasteiger partial charge is 0.494 e. The van der Waals surface area contributed by atoms with Crippen LogP contribution in [0.25, 0.3) is 44.8 Å². The number of imidazole rings is 1. The molecule has 0 radical (unpaired) electrons. The summed E-state index contributed by atoms with van der Waals surface area (Å²) in [6.07, 6.45) is 4.67. The van der Waals surface area contributed by atoms with E-state index in [-0.39, 0.29) is 30.3 Å². The van der Waals surface area contributed by atoms with Crippen LogP contribution in [0.4, 0.5) is 0 Å². The molecule has 4 heterocycles. The van der Waals surface area contributed by atoms with Gasteiger partial charge in [0.05, 0.1) is 30.4 Å². The number of carbonyl (C=O) groups is 2. The quantitative estimate of drug-likeness (QED) is 0.272. The van der Waals surface area contributed by atoms with E-state index in [0.717, 1.165) is 69.8 Å². The highest BCUT2D eigenvalue weighted by Gasteiger charge is 2.47. The molecule has 8 rings (SSSR count). The number of amides is 2. The zero-order valence-electron chi connectivity index (χ0n) is 25.6. The number of ether oxygens (including phenoxy) is 1. The Labute approximate surface area is 261 Å². The van der Waals surface area contributed by atoms with Crippen molar-refractivity contribution in [2.24, 2.45) is 30.4 Å². The minimum absolute atomic E-state index is 0.00714. The van der Waals surface area contributed by atoms with Crippen LogP contribution in [-0.2, 0) is 24.8 Å². The van der Waals surface area contributed by atoms with Crippen molar-refractivity contribution in [3.05, 3.63) is 65.7 Å². The molecule has 3 atom stereocenters. The lowest BCUT2D eigenvalue weighted by atomic mass is 10.1. The number of methoxy groups -OCH3 is 1. The van der Waals surface area contributed by atoms with E-state index >= 15 is 0 Å². The Kier molecular flexibility index (Phi) is 6.46. The van der Waals surface area contributed by atoms with Gasteiger partial charge < -0.3 is 30.2 Å². The summed E-state index contributed by atoms with van der Waals surface area (Å²) in [5.74, 6) is 2.05. The first-order valence-corrected chi connectivity index (χ1v) is 15.8. The Hall–Kier alpha value is -4.70. The van der Waals surface area contributed by atoms with Gasteiger partial charge in [-0.3, -0.25) is 9.59 Å². The second kappa shape index (κ2) is 10.4. The van der Waals surface area contributed by atoms with Crippen LogP contribution in [0.5, 0.6) is 5.75 Å². The van der Waals surface area contributed by atoms with Gasteiger partial charge in [0.25, 0.3) is 5.91 Å². The maximum absolute atomic E-state index is 13.7. The highest BCUT2D eigenvalue weighted by atomic mass is 16.5. The molecule has 4 N–H and O–H groups in total. The zero-order valence-corrected chi connectivity index (χ0v) is 25.6. The minimum atomic E-state index is -0.349. The molecule has 2 saturated carbocycles. The second-order valence-electron chi connectivity index (χ2n) is 13.0. The molecule has 0 spiro atoms. The van der Waals surface area contributed by atoms with E-state index in [2.05, 4.69) is 21.3 Å². The van der Waals surface area contributed by atoms with E-state index in [4.69, 9.17) is 26.2 Å². The number of carbonyl (C=O) groups excluding carboxylic acids is 2. The fourth-order valence-corrected chi connectivity index (χ4v) is 7.48. The SMILES string of the molecule is COc1cc(C(=O)N2CC3CCC2C3N)cc2nc(-c3cc4ccc(-c5ccc(CC(N)=O)cc5)nc4n3CC3CC3)n(C)c12. The minimum Gasteiger partial charge on any atom is -0.494 e. The van der Waals surface area contributed by atoms with Crippen LogP contribution < -0.4 is 16.2 Å². The Morgan fingerprint density at radius 3 is 2.47 bits per heavy atom. The molecule has 45 heavy (non-hydrogen) atoms. The summed E-state index contributed by atoms with van der Waals surface area (Å²) in [5, 5.41) is 1.04. The first kappa shape index (κ1) is 27.8. The third-order valence-electron chi connectivity index (χ3n) is 10.1. The molecule has 5 aromatic rings. The van der Waals surface area contributed by atoms with E-state index in [9.17, 15) is 9.59 Å². The topological polar surface area (TPSA) is 134 Å². The molecule has 10 nitrogen and oxygen atoms in total. The second-order valence-corrected chi connectivity index (χ2v) is 13.0. The lowest BCUT2D eigenvalue weighted by molar-refractivity contribution is -0.117. The lowest BCUT2D eigenvalue weighted by Crippen LogP contribution is -2.41. The Balaban J connectivity index is 1.20. The van der Waals surface area contributed by atoms with Crippen molar-refractivity contribution in [3.63, 3.8) is 0 Å². The van der Waals surface area contributed by atoms with Gasteiger partial charge in [-0.1, -0.05) is 24.3 Å². The molecule has 2 aromatic carbocycles. The van der Waals surface area contributed by atoms with Crippen LogP contribution in [0.15, 0.2) is 54.6 Å². The predicted molar refractivity (Wildman–Crippen MR) is 173 cm³/mol. The first-order valence-electron chi connectivity index (χ1n) is 15.8. The Morgan fingerprint density at radius 2 is 1.80 bits per heavy atom. The number of nitrogens with zero attached hydrogens (tertiary/aromatic N) is 5. The number of aryl methyl sites for hydroxylation is 1. The molecule has 2 bridgehead atoms. The van der Waals surface area contributed by atoms with Crippen LogP contribution in [0, 0.1) is 11.8 Å². The Bertz CT molecular complexity index is 1990. The van der Waals surface area contributed by atoms with Gasteiger partial charge in [0.2, 0.25) is 5.91 Å². The van der Waals surface area contributed by atoms with Crippen molar-refractivity contribution in [1.82, 2.24) is 24.0 Å². The molecule has 1 aliphatic heterocycles. The van der Waals surface area contributed by atoms with Crippen molar-refractivity contribution < 1.29 is 14.3 Å². The van der Waals surface area contributed by atoms with Crippen LogP contribution in [0.1, 0.15) is 41.6 Å². The molecule has 3 aromatic heterocycles. The molecule has 3 unspecified atom stereocenters. The molecule has 3 aliphatic rings. The smallest absolute Gasteiger partial charge is 0.254 e. The summed E-state index contributed by atoms with van der Waals surface area (Å²) < 4.78 is 10.2. The van der Waals surface area contributed by atoms with Gasteiger partial charge in [0, 0.05) is 48.7 Å². The van der Waals surface area contributed by atoms with Gasteiger partial charge >= 0.3 is 0 Å². The van der Waals surface area contributed by atoms with Crippen LogP contribution >= 0.6 is 0 Å². The third kappa shape index (κ3) is 4.66. The molecule has 3 fully saturated rings. The third-order valence-corrected chi connectivity index (χ3v) is 10.1. The number of hydrogen-bond donors (Lipinski definition) is 2. The van der Waals surface area contributed by atoms with Crippen LogP contribution in [0.2, 0.25) is 0 Å². The van der Waals surface area contributed by atoms with Crippen molar-refractivity contribution in [3.8, 4) is 28.5 Å². The van der Waals surface area contributed by atoms with Crippen molar-refractivity contribution in [1.29, 1.82) is 0 Å². The van der Waals surface area contributed by atoms with E-state index in [1.165, 1.54) is 12.8 Å². The van der Waals surface area contributed by atoms with Crippen molar-refractivity contribution in [2.45, 2.75) is 50.7 Å². The average Bonchev–Trinajstić information content (AvgIpc) is 3.44. The van der Waals surface area contributed by atoms with E-state index in [1.807, 2.05) is 54.4 Å². The van der Waals surface area contributed by atoms with Gasteiger partial charge in [-0.15, -0.1) is 0 Å². The van der Waals surface area contributed by atoms with Crippen molar-refractivity contribution >= 4 is 33.9 Å². The van der Waals surface area contributed by atoms with E-state index < -0.39 is 0 Å². The highest BCUT2D eigenvalue weighted by molar-refractivity contribution is 6.00. The number of rotatable bonds is 8. The zero-order chi connectivity index (χ0) is 31.0. The van der Waals surface area contributed by atoms with Crippen LogP contribution in [0.3, 0.4) is 0 Å². The number of nitrogens with two attached hydrogens (primary N) is 2. The van der Waals surface area contributed by atoms with E-state index in [1.54, 1.807) is 7.11 Å². The number of likely N-dealkylation sites (tertiary alicyclic amines) is 1. The fourth-order valence-electron chi connectivity index (χ4n) is 7.48. The van der Waals surface area contributed by atoms with Gasteiger partial charge in [-0.25, -0.2) is 9.97 Å². The summed E-state index contributed by atoms with van der Waals surface area (Å²) in [6, 6.07) is 18.0. The highest BCUT2D eigenvalue weighted by Crippen LogP contribution is 2.40. The number of primary amides is 1. The molecule has 10 heteroatoms. The fraction of sp³-hybridized carbons (Fsp3) is 0.371. The van der Waals surface area contributed by atoms with E-state index in [0.29, 0.717) is 29.7 Å². The van der Waals surface area contributed by atoms with Crippen molar-refractivity contribution in [2.75, 3.05) is 13.7 Å². The predicted octanol–water partition coefficient (Wildman–Crippen LogP) is 4.27. The summed E-state index contributed by atoms with van der Waals surface area (Å²) in [7, 11) is 3.64. The standard InChI is InChI=1S/C35H37N7O3/c1-40-32-26(14-24(16-29(32)45-2)35(44)42-18-23-10-12-27(42)31(23)37)39-34(40)28-15-22-9-11-25(38-33(22)41(28)17-20-3-4-20)21-7-5-19(6-8-21)13-30(36)43/h5-9,11,14-16,20,23,27,31H,3-4,10,12-13,17-18,37H2,1-2H3,(H2,36,43). The molecule has 230 valence electrons. The molecule has 2 aliphatic carbocycles. The van der Waals surface area contributed by atoms with Gasteiger partial charge in [0.1, 0.15) is 16.9 Å². The summed E-state index contributed by atoms with van der Waals surface area (Å²) in [5.41, 5.74) is 18.5. The molecule has 2 amide bonds. The number of piperidine rings is 1. The average molecular weight is 604 g/mol. The summed E-state index contributed by atoms with van der Waals surface area (Å²) >= 11 is 0. The van der Waals surface area contributed by atoms with Gasteiger partial charge in [-0.05, 0) is 73.4 Å². The van der Waals surface area contributed by atoms with Crippen LogP contribution in [-0.4, -0.2) is 61.6 Å². The molecular formula is C35H37N7O3. The Morgan fingerprint density at radius 1 is 1.00 bits per heavy atom. The number of benzene rings is 2. The first-order chi connectivity index (χ1) is 21.8. The van der Waals surface area contributed by atoms with Gasteiger partial charge in [0.15, 0.2) is 5.82 Å². The maximum Gasteiger partial charge on any atom is 0.254 e. The normalized spacial score (nSPS) is 20.9. The number of aromatic nitrogens is 4. The van der Waals surface area contributed by atoms with Gasteiger partial charge in [-0.2, -0.15) is 0 Å². The maximum atomic E-state index is 13.7. The molecule has 1 saturated heterocycles.